The summed E-state index contributed by atoms with van der Waals surface area (Å²) in [7, 11) is 0. The van der Waals surface area contributed by atoms with Crippen LogP contribution in [0.15, 0.2) is 24.3 Å². The largest absolute Gasteiger partial charge is 0.391 e. The number of nitrogens with zero attached hydrogens (tertiary/aromatic N) is 1. The van der Waals surface area contributed by atoms with Crippen LogP contribution in [0.3, 0.4) is 0 Å². The lowest BCUT2D eigenvalue weighted by molar-refractivity contribution is -0.179. The molecule has 1 aliphatic heterocycles. The Balaban J connectivity index is 1.52. The monoisotopic (exact) mass is 341 g/mol. The summed E-state index contributed by atoms with van der Waals surface area (Å²) < 4.78 is 38.2. The van der Waals surface area contributed by atoms with Crippen LogP contribution >= 0.6 is 0 Å². The van der Waals surface area contributed by atoms with Gasteiger partial charge in [-0.05, 0) is 62.8 Å². The molecule has 0 aromatic heterocycles. The molecule has 3 nitrogen and oxygen atoms in total. The molecule has 1 saturated carbocycles. The maximum atomic E-state index is 12.7. The van der Waals surface area contributed by atoms with E-state index in [9.17, 15) is 13.2 Å². The second-order valence-corrected chi connectivity index (χ2v) is 7.11. The van der Waals surface area contributed by atoms with Gasteiger partial charge in [0.2, 0.25) is 0 Å². The lowest BCUT2D eigenvalue weighted by Crippen LogP contribution is -2.39. The van der Waals surface area contributed by atoms with Crippen molar-refractivity contribution >= 4 is 11.4 Å². The topological polar surface area (TPSA) is 41.3 Å². The van der Waals surface area contributed by atoms with Crippen LogP contribution in [-0.4, -0.2) is 31.3 Å². The molecule has 3 N–H and O–H groups in total. The van der Waals surface area contributed by atoms with Gasteiger partial charge in [0.15, 0.2) is 0 Å². The second kappa shape index (κ2) is 7.21. The number of piperidine rings is 1. The van der Waals surface area contributed by atoms with Crippen molar-refractivity contribution in [3.63, 3.8) is 0 Å². The van der Waals surface area contributed by atoms with Gasteiger partial charge in [0.05, 0.1) is 5.92 Å². The van der Waals surface area contributed by atoms with Crippen molar-refractivity contribution in [1.82, 2.24) is 0 Å². The van der Waals surface area contributed by atoms with Crippen molar-refractivity contribution in [1.29, 1.82) is 0 Å². The van der Waals surface area contributed by atoms with Gasteiger partial charge in [-0.3, -0.25) is 0 Å². The van der Waals surface area contributed by atoms with Crippen LogP contribution in [-0.2, 0) is 0 Å². The zero-order valence-corrected chi connectivity index (χ0v) is 13.9. The van der Waals surface area contributed by atoms with Gasteiger partial charge in [-0.15, -0.1) is 0 Å². The molecule has 1 aliphatic carbocycles. The van der Waals surface area contributed by atoms with Crippen LogP contribution in [0.25, 0.3) is 0 Å². The number of alkyl halides is 3. The van der Waals surface area contributed by atoms with E-state index in [-0.39, 0.29) is 12.8 Å². The van der Waals surface area contributed by atoms with Gasteiger partial charge in [0.25, 0.3) is 0 Å². The van der Waals surface area contributed by atoms with Gasteiger partial charge in [0.1, 0.15) is 0 Å². The van der Waals surface area contributed by atoms with E-state index in [0.717, 1.165) is 37.1 Å². The molecule has 1 aromatic carbocycles. The molecule has 0 radical (unpaired) electrons. The molecular formula is C18H26F3N3. The molecule has 6 heteroatoms. The molecule has 0 amide bonds. The number of benzene rings is 1. The fourth-order valence-corrected chi connectivity index (χ4v) is 3.73. The SMILES string of the molecule is N[C@H]1CC[C@@H](Nc2ccc(N3CCC(C(F)(F)F)CC3)cc2)CC1. The van der Waals surface area contributed by atoms with Gasteiger partial charge < -0.3 is 16.0 Å². The van der Waals surface area contributed by atoms with Gasteiger partial charge in [-0.2, -0.15) is 13.2 Å². The highest BCUT2D eigenvalue weighted by Gasteiger charge is 2.41. The molecule has 0 unspecified atom stereocenters. The summed E-state index contributed by atoms with van der Waals surface area (Å²) in [6, 6.07) is 8.87. The summed E-state index contributed by atoms with van der Waals surface area (Å²) >= 11 is 0. The third-order valence-corrected chi connectivity index (χ3v) is 5.33. The van der Waals surface area contributed by atoms with E-state index in [4.69, 9.17) is 5.73 Å². The van der Waals surface area contributed by atoms with E-state index >= 15 is 0 Å². The standard InChI is InChI=1S/C18H26F3N3/c19-18(20,21)13-9-11-24(12-10-13)17-7-5-16(6-8-17)23-15-3-1-14(22)2-4-15/h5-8,13-15,23H,1-4,9-12,22H2/t14-,15+. The van der Waals surface area contributed by atoms with Gasteiger partial charge in [-0.25, -0.2) is 0 Å². The third kappa shape index (κ3) is 4.35. The molecule has 0 atom stereocenters. The Labute approximate surface area is 141 Å². The normalized spacial score (nSPS) is 26.4. The molecule has 0 bridgehead atoms. The minimum absolute atomic E-state index is 0.186. The number of halogens is 3. The smallest absolute Gasteiger partial charge is 0.382 e. The van der Waals surface area contributed by atoms with Crippen LogP contribution in [0, 0.1) is 5.92 Å². The van der Waals surface area contributed by atoms with E-state index in [1.165, 1.54) is 0 Å². The minimum atomic E-state index is -4.05. The highest BCUT2D eigenvalue weighted by Crippen LogP contribution is 2.35. The van der Waals surface area contributed by atoms with Crippen LogP contribution in [0.4, 0.5) is 24.5 Å². The minimum Gasteiger partial charge on any atom is -0.382 e. The molecule has 24 heavy (non-hydrogen) atoms. The molecule has 1 aromatic rings. The van der Waals surface area contributed by atoms with E-state index in [1.807, 2.05) is 29.2 Å². The molecule has 0 spiro atoms. The van der Waals surface area contributed by atoms with E-state index in [0.29, 0.717) is 25.2 Å². The Morgan fingerprint density at radius 1 is 0.917 bits per heavy atom. The van der Waals surface area contributed by atoms with Gasteiger partial charge in [-0.1, -0.05) is 0 Å². The summed E-state index contributed by atoms with van der Waals surface area (Å²) in [6.07, 6.45) is 0.621. The van der Waals surface area contributed by atoms with Crippen molar-refractivity contribution in [2.75, 3.05) is 23.3 Å². The highest BCUT2D eigenvalue weighted by molar-refractivity contribution is 5.55. The van der Waals surface area contributed by atoms with Crippen molar-refractivity contribution in [2.45, 2.75) is 56.8 Å². The first-order valence-corrected chi connectivity index (χ1v) is 8.85. The molecule has 2 aliphatic rings. The van der Waals surface area contributed by atoms with Gasteiger partial charge >= 0.3 is 6.18 Å². The van der Waals surface area contributed by atoms with Crippen molar-refractivity contribution in [2.24, 2.45) is 11.7 Å². The highest BCUT2D eigenvalue weighted by atomic mass is 19.4. The molecule has 1 heterocycles. The summed E-state index contributed by atoms with van der Waals surface area (Å²) in [4.78, 5) is 2.05. The maximum absolute atomic E-state index is 12.7. The Bertz CT molecular complexity index is 513. The number of hydrogen-bond acceptors (Lipinski definition) is 3. The molecule has 3 rings (SSSR count). The predicted molar refractivity (Wildman–Crippen MR) is 91.3 cm³/mol. The first-order chi connectivity index (χ1) is 11.4. The number of anilines is 2. The van der Waals surface area contributed by atoms with E-state index < -0.39 is 12.1 Å². The lowest BCUT2D eigenvalue weighted by Gasteiger charge is -2.34. The van der Waals surface area contributed by atoms with E-state index in [2.05, 4.69) is 5.32 Å². The van der Waals surface area contributed by atoms with Crippen LogP contribution in [0.2, 0.25) is 0 Å². The fraction of sp³-hybridized carbons (Fsp3) is 0.667. The zero-order valence-electron chi connectivity index (χ0n) is 13.9. The number of rotatable bonds is 3. The zero-order chi connectivity index (χ0) is 17.2. The number of nitrogens with one attached hydrogen (secondary N) is 1. The number of hydrogen-bond donors (Lipinski definition) is 2. The fourth-order valence-electron chi connectivity index (χ4n) is 3.73. The molecule has 2 fully saturated rings. The van der Waals surface area contributed by atoms with Crippen molar-refractivity contribution in [3.05, 3.63) is 24.3 Å². The van der Waals surface area contributed by atoms with E-state index in [1.54, 1.807) is 0 Å². The Morgan fingerprint density at radius 3 is 2.04 bits per heavy atom. The second-order valence-electron chi connectivity index (χ2n) is 7.11. The maximum Gasteiger partial charge on any atom is 0.391 e. The molecule has 1 saturated heterocycles. The molecule has 134 valence electrons. The summed E-state index contributed by atoms with van der Waals surface area (Å²) in [6.45, 7) is 0.939. The predicted octanol–water partition coefficient (Wildman–Crippen LogP) is 4.15. The average molecular weight is 341 g/mol. The first-order valence-electron chi connectivity index (χ1n) is 8.85. The summed E-state index contributed by atoms with van der Waals surface area (Å²) in [5.74, 6) is -1.15. The lowest BCUT2D eigenvalue weighted by atomic mass is 9.91. The van der Waals surface area contributed by atoms with Crippen LogP contribution in [0.1, 0.15) is 38.5 Å². The Hall–Kier alpha value is -1.43. The molecular weight excluding hydrogens is 315 g/mol. The Kier molecular flexibility index (Phi) is 5.23. The average Bonchev–Trinajstić information content (AvgIpc) is 2.57. The number of nitrogens with two attached hydrogens (primary N) is 1. The van der Waals surface area contributed by atoms with Gasteiger partial charge in [0, 0.05) is 36.5 Å². The first kappa shape index (κ1) is 17.4. The Morgan fingerprint density at radius 2 is 1.50 bits per heavy atom. The third-order valence-electron chi connectivity index (χ3n) is 5.33. The van der Waals surface area contributed by atoms with Crippen LogP contribution in [0.5, 0.6) is 0 Å². The van der Waals surface area contributed by atoms with Crippen molar-refractivity contribution < 1.29 is 13.2 Å². The van der Waals surface area contributed by atoms with Crippen LogP contribution < -0.4 is 16.0 Å². The summed E-state index contributed by atoms with van der Waals surface area (Å²) in [5.41, 5.74) is 8.01. The quantitative estimate of drug-likeness (QED) is 0.868. The summed E-state index contributed by atoms with van der Waals surface area (Å²) in [5, 5.41) is 3.54. The van der Waals surface area contributed by atoms with Crippen molar-refractivity contribution in [3.8, 4) is 0 Å².